The van der Waals surface area contributed by atoms with Crippen molar-refractivity contribution < 1.29 is 24.5 Å². The monoisotopic (exact) mass is 886 g/mol. The molecule has 0 saturated carbocycles. The summed E-state index contributed by atoms with van der Waals surface area (Å²) in [6.45, 7) is 6.17. The van der Waals surface area contributed by atoms with Gasteiger partial charge in [-0.05, 0) is 70.3 Å². The van der Waals surface area contributed by atoms with Crippen LogP contribution in [0.1, 0.15) is 207 Å². The molecule has 0 spiro atoms. The van der Waals surface area contributed by atoms with E-state index >= 15 is 0 Å². The Morgan fingerprint density at radius 1 is 0.500 bits per heavy atom. The molecule has 362 valence electrons. The van der Waals surface area contributed by atoms with Crippen LogP contribution in [0.15, 0.2) is 122 Å². The van der Waals surface area contributed by atoms with E-state index in [1.807, 2.05) is 54.7 Å². The fraction of sp³-hybridized carbons (Fsp3) is 0.621. The van der Waals surface area contributed by atoms with Gasteiger partial charge in [-0.1, -0.05) is 245 Å². The number of unbranched alkanes of at least 4 members (excludes halogenated alkanes) is 18. The summed E-state index contributed by atoms with van der Waals surface area (Å²) in [5.74, 6) is -0.689. The number of nitrogens with one attached hydrogen (secondary N) is 1. The van der Waals surface area contributed by atoms with E-state index in [0.717, 1.165) is 70.6 Å². The van der Waals surface area contributed by atoms with Crippen molar-refractivity contribution in [1.82, 2.24) is 5.32 Å². The van der Waals surface area contributed by atoms with Gasteiger partial charge in [-0.25, -0.2) is 0 Å². The summed E-state index contributed by atoms with van der Waals surface area (Å²) in [6, 6.07) is -0.760. The van der Waals surface area contributed by atoms with Crippen LogP contribution in [0.25, 0.3) is 0 Å². The summed E-state index contributed by atoms with van der Waals surface area (Å²) in [4.78, 5) is 26.1. The van der Waals surface area contributed by atoms with E-state index in [4.69, 9.17) is 4.74 Å². The normalized spacial score (nSPS) is 14.3. The molecule has 0 heterocycles. The molecule has 0 bridgehead atoms. The van der Waals surface area contributed by atoms with Crippen molar-refractivity contribution in [1.29, 1.82) is 0 Å². The topological polar surface area (TPSA) is 95.9 Å². The van der Waals surface area contributed by atoms with Crippen LogP contribution >= 0.6 is 0 Å². The van der Waals surface area contributed by atoms with E-state index < -0.39 is 18.2 Å². The molecule has 0 fully saturated rings. The van der Waals surface area contributed by atoms with Gasteiger partial charge in [-0.2, -0.15) is 0 Å². The molecule has 3 atom stereocenters. The largest absolute Gasteiger partial charge is 0.458 e. The van der Waals surface area contributed by atoms with Gasteiger partial charge < -0.3 is 20.3 Å². The van der Waals surface area contributed by atoms with Gasteiger partial charge in [0, 0.05) is 6.42 Å². The number of hydrogen-bond acceptors (Lipinski definition) is 5. The van der Waals surface area contributed by atoms with Crippen LogP contribution in [0.2, 0.25) is 0 Å². The van der Waals surface area contributed by atoms with Crippen LogP contribution < -0.4 is 5.32 Å². The van der Waals surface area contributed by atoms with Crippen molar-refractivity contribution in [3.05, 3.63) is 122 Å². The van der Waals surface area contributed by atoms with Gasteiger partial charge in [-0.3, -0.25) is 9.59 Å². The minimum absolute atomic E-state index is 0.0710. The number of ether oxygens (including phenoxy) is 1. The molecule has 0 aromatic heterocycles. The Bertz CT molecular complexity index is 1360. The summed E-state index contributed by atoms with van der Waals surface area (Å²) in [7, 11) is 0. The summed E-state index contributed by atoms with van der Waals surface area (Å²) >= 11 is 0. The molecule has 0 aromatic carbocycles. The number of rotatable bonds is 44. The van der Waals surface area contributed by atoms with Crippen LogP contribution in [-0.4, -0.2) is 46.9 Å². The summed E-state index contributed by atoms with van der Waals surface area (Å²) < 4.78 is 5.80. The van der Waals surface area contributed by atoms with E-state index in [1.165, 1.54) is 83.5 Å². The maximum absolute atomic E-state index is 13.2. The summed E-state index contributed by atoms with van der Waals surface area (Å²) in [5.41, 5.74) is 0. The summed E-state index contributed by atoms with van der Waals surface area (Å²) in [6.07, 6.45) is 70.0. The quantitative estimate of drug-likeness (QED) is 0.0245. The number of esters is 1. The first-order chi connectivity index (χ1) is 31.5. The highest BCUT2D eigenvalue weighted by molar-refractivity contribution is 5.78. The van der Waals surface area contributed by atoms with Crippen LogP contribution in [0.5, 0.6) is 0 Å². The first-order valence-corrected chi connectivity index (χ1v) is 25.8. The van der Waals surface area contributed by atoms with Gasteiger partial charge in [0.25, 0.3) is 0 Å². The molecule has 0 aliphatic heterocycles. The van der Waals surface area contributed by atoms with E-state index in [2.05, 4.69) is 86.8 Å². The second kappa shape index (κ2) is 50.3. The Balaban J connectivity index is 4.79. The SMILES string of the molecule is CC/C=C/C=C/C=C\C=C/C=C/CCCCCC(=O)OC(/C=C/C/C=C/C/C=C/C/C=C/C/C=C/CC)CC(=O)NC(CO)C(O)CCCCCCCCCCCCCCCCCC. The molecule has 0 rings (SSSR count). The van der Waals surface area contributed by atoms with Gasteiger partial charge >= 0.3 is 5.97 Å². The third-order valence-electron chi connectivity index (χ3n) is 10.9. The number of carbonyl (C=O) groups excluding carboxylic acids is 2. The molecule has 0 radical (unpaired) electrons. The van der Waals surface area contributed by atoms with Crippen molar-refractivity contribution in [2.24, 2.45) is 0 Å². The minimum Gasteiger partial charge on any atom is -0.458 e. The number of aliphatic hydroxyl groups excluding tert-OH is 2. The maximum Gasteiger partial charge on any atom is 0.306 e. The molecule has 0 aliphatic rings. The van der Waals surface area contributed by atoms with Crippen molar-refractivity contribution >= 4 is 11.9 Å². The minimum atomic E-state index is -0.835. The number of carbonyl (C=O) groups is 2. The number of allylic oxidation sites excluding steroid dienone is 19. The molecule has 64 heavy (non-hydrogen) atoms. The standard InChI is InChI=1S/C58H95NO5/c1-4-7-10-13-16-19-22-25-28-30-32-35-38-41-44-47-50-56(61)55(53-60)59-57(62)52-54(49-46-43-40-37-34-31-27-24-21-18-15-12-9-6-3)64-58(63)51-48-45-42-39-36-33-29-26-23-20-17-14-11-8-5-2/h8-9,11-12,14,17-18,20-21,23,26-27,29,31,33,36-37,40,46,49,54-56,60-61H,4-7,10,13,15-16,19,22,24-25,28,30,32,34-35,38-39,41-45,47-48,50-53H2,1-3H3,(H,59,62)/b11-8+,12-9+,17-14+,21-18+,23-20-,29-26-,31-27+,36-33+,40-37+,49-46+. The maximum atomic E-state index is 13.2. The lowest BCUT2D eigenvalue weighted by Gasteiger charge is -2.23. The predicted molar refractivity (Wildman–Crippen MR) is 277 cm³/mol. The van der Waals surface area contributed by atoms with E-state index in [1.54, 1.807) is 6.08 Å². The Labute approximate surface area is 393 Å². The second-order valence-electron chi connectivity index (χ2n) is 16.9. The molecule has 3 unspecified atom stereocenters. The predicted octanol–water partition coefficient (Wildman–Crippen LogP) is 15.7. The molecular weight excluding hydrogens is 791 g/mol. The Morgan fingerprint density at radius 2 is 0.938 bits per heavy atom. The highest BCUT2D eigenvalue weighted by Gasteiger charge is 2.23. The number of hydrogen-bond donors (Lipinski definition) is 3. The molecule has 3 N–H and O–H groups in total. The lowest BCUT2D eigenvalue weighted by molar-refractivity contribution is -0.148. The third-order valence-corrected chi connectivity index (χ3v) is 10.9. The van der Waals surface area contributed by atoms with Crippen molar-refractivity contribution in [3.63, 3.8) is 0 Å². The first kappa shape index (κ1) is 60.3. The average molecular weight is 886 g/mol. The van der Waals surface area contributed by atoms with Crippen LogP contribution in [0.4, 0.5) is 0 Å². The zero-order valence-electron chi connectivity index (χ0n) is 41.1. The number of aliphatic hydroxyl groups is 2. The lowest BCUT2D eigenvalue weighted by atomic mass is 10.0. The van der Waals surface area contributed by atoms with E-state index in [-0.39, 0.29) is 31.3 Å². The van der Waals surface area contributed by atoms with Crippen LogP contribution in [-0.2, 0) is 14.3 Å². The molecule has 6 heteroatoms. The first-order valence-electron chi connectivity index (χ1n) is 25.8. The molecule has 0 saturated heterocycles. The van der Waals surface area contributed by atoms with Gasteiger partial charge in [0.05, 0.1) is 25.2 Å². The number of amides is 1. The zero-order valence-corrected chi connectivity index (χ0v) is 41.1. The van der Waals surface area contributed by atoms with Gasteiger partial charge in [0.15, 0.2) is 0 Å². The van der Waals surface area contributed by atoms with Crippen molar-refractivity contribution in [2.45, 2.75) is 225 Å². The van der Waals surface area contributed by atoms with Gasteiger partial charge in [-0.15, -0.1) is 0 Å². The van der Waals surface area contributed by atoms with E-state index in [0.29, 0.717) is 19.3 Å². The fourth-order valence-electron chi connectivity index (χ4n) is 7.06. The third kappa shape index (κ3) is 44.9. The van der Waals surface area contributed by atoms with Gasteiger partial charge in [0.1, 0.15) is 6.10 Å². The lowest BCUT2D eigenvalue weighted by Crippen LogP contribution is -2.46. The molecule has 0 aromatic rings. The highest BCUT2D eigenvalue weighted by atomic mass is 16.5. The second-order valence-corrected chi connectivity index (χ2v) is 16.9. The average Bonchev–Trinajstić information content (AvgIpc) is 3.29. The van der Waals surface area contributed by atoms with E-state index in [9.17, 15) is 19.8 Å². The van der Waals surface area contributed by atoms with Crippen molar-refractivity contribution in [3.8, 4) is 0 Å². The van der Waals surface area contributed by atoms with Crippen LogP contribution in [0, 0.1) is 0 Å². The smallest absolute Gasteiger partial charge is 0.306 e. The Morgan fingerprint density at radius 3 is 1.44 bits per heavy atom. The molecule has 6 nitrogen and oxygen atoms in total. The van der Waals surface area contributed by atoms with Crippen molar-refractivity contribution in [2.75, 3.05) is 6.61 Å². The Hall–Kier alpha value is -3.74. The van der Waals surface area contributed by atoms with Gasteiger partial charge in [0.2, 0.25) is 5.91 Å². The van der Waals surface area contributed by atoms with Crippen LogP contribution in [0.3, 0.4) is 0 Å². The zero-order chi connectivity index (χ0) is 46.7. The molecule has 0 aliphatic carbocycles. The fourth-order valence-corrected chi connectivity index (χ4v) is 7.06. The Kier molecular flexibility index (Phi) is 47.3. The highest BCUT2D eigenvalue weighted by Crippen LogP contribution is 2.16. The molecular formula is C58H95NO5. The summed E-state index contributed by atoms with van der Waals surface area (Å²) in [5, 5.41) is 23.7. The molecule has 1 amide bonds.